The van der Waals surface area contributed by atoms with E-state index in [0.717, 1.165) is 22.6 Å². The number of methoxy groups -OCH3 is 1. The molecule has 0 radical (unpaired) electrons. The first-order valence-electron chi connectivity index (χ1n) is 7.77. The summed E-state index contributed by atoms with van der Waals surface area (Å²) >= 11 is 0. The number of anilines is 1. The highest BCUT2D eigenvalue weighted by molar-refractivity contribution is 5.90. The third-order valence-corrected chi connectivity index (χ3v) is 3.77. The minimum atomic E-state index is -0.320. The van der Waals surface area contributed by atoms with E-state index in [1.165, 1.54) is 0 Å². The number of allylic oxidation sites excluding steroid dienone is 1. The number of ether oxygens (including phenoxy) is 2. The molecule has 0 aliphatic rings. The van der Waals surface area contributed by atoms with E-state index in [2.05, 4.69) is 0 Å². The van der Waals surface area contributed by atoms with Crippen LogP contribution in [0.4, 0.5) is 5.69 Å². The summed E-state index contributed by atoms with van der Waals surface area (Å²) in [4.78, 5) is 14.0. The Balaban J connectivity index is 1.92. The van der Waals surface area contributed by atoms with Gasteiger partial charge in [-0.05, 0) is 60.5 Å². The topological polar surface area (TPSA) is 38.8 Å². The summed E-state index contributed by atoms with van der Waals surface area (Å²) in [6.45, 7) is 2.23. The lowest BCUT2D eigenvalue weighted by atomic mass is 10.1. The van der Waals surface area contributed by atoms with Crippen LogP contribution in [0.1, 0.15) is 22.8 Å². The number of benzene rings is 2. The maximum atomic E-state index is 12.0. The van der Waals surface area contributed by atoms with E-state index in [1.54, 1.807) is 19.2 Å². The van der Waals surface area contributed by atoms with Gasteiger partial charge in [-0.3, -0.25) is 0 Å². The second kappa shape index (κ2) is 8.20. The number of esters is 1. The third kappa shape index (κ3) is 4.62. The van der Waals surface area contributed by atoms with Crippen molar-refractivity contribution in [1.29, 1.82) is 0 Å². The van der Waals surface area contributed by atoms with Gasteiger partial charge in [0.15, 0.2) is 0 Å². The molecule has 0 heterocycles. The Labute approximate surface area is 143 Å². The van der Waals surface area contributed by atoms with E-state index >= 15 is 0 Å². The zero-order valence-corrected chi connectivity index (χ0v) is 14.6. The molecule has 0 spiro atoms. The number of nitrogens with zero attached hydrogens (tertiary/aromatic N) is 1. The molecular formula is C20H23NO3. The molecule has 0 aromatic heterocycles. The van der Waals surface area contributed by atoms with E-state index in [0.29, 0.717) is 5.56 Å². The number of hydrogen-bond donors (Lipinski definition) is 0. The van der Waals surface area contributed by atoms with Gasteiger partial charge in [0, 0.05) is 19.8 Å². The normalized spacial score (nSPS) is 11.1. The SMILES string of the molecule is COc1ccc(/C(C)=C/COC(=O)c2ccc(N(C)C)cc2)cc1. The molecule has 0 saturated carbocycles. The van der Waals surface area contributed by atoms with E-state index in [4.69, 9.17) is 9.47 Å². The van der Waals surface area contributed by atoms with Gasteiger partial charge in [-0.2, -0.15) is 0 Å². The Hall–Kier alpha value is -2.75. The van der Waals surface area contributed by atoms with Crippen LogP contribution >= 0.6 is 0 Å². The van der Waals surface area contributed by atoms with E-state index < -0.39 is 0 Å². The standard InChI is InChI=1S/C20H23NO3/c1-15(16-7-11-19(23-4)12-8-16)13-14-24-20(22)17-5-9-18(10-6-17)21(2)3/h5-13H,14H2,1-4H3/b15-13+. The highest BCUT2D eigenvalue weighted by Crippen LogP contribution is 2.18. The predicted molar refractivity (Wildman–Crippen MR) is 97.7 cm³/mol. The van der Waals surface area contributed by atoms with Crippen LogP contribution in [0.15, 0.2) is 54.6 Å². The Bertz CT molecular complexity index is 701. The van der Waals surface area contributed by atoms with Gasteiger partial charge >= 0.3 is 5.97 Å². The molecule has 0 N–H and O–H groups in total. The van der Waals surface area contributed by atoms with Crippen LogP contribution in [0.2, 0.25) is 0 Å². The first-order chi connectivity index (χ1) is 11.5. The smallest absolute Gasteiger partial charge is 0.338 e. The van der Waals surface area contributed by atoms with Crippen LogP contribution in [0.25, 0.3) is 5.57 Å². The molecule has 4 heteroatoms. The van der Waals surface area contributed by atoms with Gasteiger partial charge in [-0.25, -0.2) is 4.79 Å². The summed E-state index contributed by atoms with van der Waals surface area (Å²) in [7, 11) is 5.56. The molecule has 2 rings (SSSR count). The summed E-state index contributed by atoms with van der Waals surface area (Å²) in [5.41, 5.74) is 3.72. The van der Waals surface area contributed by atoms with Gasteiger partial charge in [0.1, 0.15) is 12.4 Å². The predicted octanol–water partition coefficient (Wildman–Crippen LogP) is 4.02. The van der Waals surface area contributed by atoms with Crippen molar-refractivity contribution >= 4 is 17.2 Å². The van der Waals surface area contributed by atoms with Crippen molar-refractivity contribution in [3.63, 3.8) is 0 Å². The number of rotatable bonds is 6. The summed E-state index contributed by atoms with van der Waals surface area (Å²) in [6, 6.07) is 15.1. The average Bonchev–Trinajstić information content (AvgIpc) is 2.61. The third-order valence-electron chi connectivity index (χ3n) is 3.77. The van der Waals surface area contributed by atoms with Crippen molar-refractivity contribution in [2.45, 2.75) is 6.92 Å². The molecule has 0 saturated heterocycles. The van der Waals surface area contributed by atoms with Crippen molar-refractivity contribution in [2.75, 3.05) is 32.7 Å². The molecule has 24 heavy (non-hydrogen) atoms. The van der Waals surface area contributed by atoms with Crippen molar-refractivity contribution < 1.29 is 14.3 Å². The second-order valence-electron chi connectivity index (χ2n) is 5.66. The van der Waals surface area contributed by atoms with E-state index in [1.807, 2.05) is 68.4 Å². The number of carbonyl (C=O) groups excluding carboxylic acids is 1. The lowest BCUT2D eigenvalue weighted by Gasteiger charge is -2.12. The summed E-state index contributed by atoms with van der Waals surface area (Å²) < 4.78 is 10.5. The molecule has 0 aliphatic carbocycles. The van der Waals surface area contributed by atoms with Gasteiger partial charge in [-0.15, -0.1) is 0 Å². The lowest BCUT2D eigenvalue weighted by Crippen LogP contribution is -2.09. The highest BCUT2D eigenvalue weighted by Gasteiger charge is 2.06. The Morgan fingerprint density at radius 3 is 2.12 bits per heavy atom. The molecular weight excluding hydrogens is 302 g/mol. The summed E-state index contributed by atoms with van der Waals surface area (Å²) in [5.74, 6) is 0.498. The van der Waals surface area contributed by atoms with Crippen LogP contribution in [0.3, 0.4) is 0 Å². The van der Waals surface area contributed by atoms with Crippen LogP contribution in [-0.4, -0.2) is 33.8 Å². The molecule has 2 aromatic rings. The fourth-order valence-corrected chi connectivity index (χ4v) is 2.19. The molecule has 0 aliphatic heterocycles. The molecule has 2 aromatic carbocycles. The van der Waals surface area contributed by atoms with Crippen molar-refractivity contribution in [2.24, 2.45) is 0 Å². The number of carbonyl (C=O) groups is 1. The second-order valence-corrected chi connectivity index (χ2v) is 5.66. The summed E-state index contributed by atoms with van der Waals surface area (Å²) in [5, 5.41) is 0. The van der Waals surface area contributed by atoms with Crippen molar-refractivity contribution in [3.05, 3.63) is 65.7 Å². The first kappa shape index (κ1) is 17.6. The fraction of sp³-hybridized carbons (Fsp3) is 0.250. The molecule has 0 amide bonds. The van der Waals surface area contributed by atoms with Crippen LogP contribution in [0.5, 0.6) is 5.75 Å². The quantitative estimate of drug-likeness (QED) is 0.752. The lowest BCUT2D eigenvalue weighted by molar-refractivity contribution is 0.0550. The van der Waals surface area contributed by atoms with E-state index in [-0.39, 0.29) is 12.6 Å². The largest absolute Gasteiger partial charge is 0.497 e. The van der Waals surface area contributed by atoms with Crippen LogP contribution in [-0.2, 0) is 4.74 Å². The minimum absolute atomic E-state index is 0.242. The van der Waals surface area contributed by atoms with Crippen LogP contribution in [0, 0.1) is 0 Å². The maximum Gasteiger partial charge on any atom is 0.338 e. The molecule has 0 atom stereocenters. The van der Waals surface area contributed by atoms with Crippen LogP contribution < -0.4 is 9.64 Å². The van der Waals surface area contributed by atoms with Crippen molar-refractivity contribution in [1.82, 2.24) is 0 Å². The molecule has 126 valence electrons. The Kier molecular flexibility index (Phi) is 6.01. The van der Waals surface area contributed by atoms with Gasteiger partial charge in [0.2, 0.25) is 0 Å². The van der Waals surface area contributed by atoms with Gasteiger partial charge < -0.3 is 14.4 Å². The Morgan fingerprint density at radius 1 is 1.00 bits per heavy atom. The summed E-state index contributed by atoms with van der Waals surface area (Å²) in [6.07, 6.45) is 1.90. The molecule has 0 fully saturated rings. The Morgan fingerprint density at radius 2 is 1.58 bits per heavy atom. The maximum absolute atomic E-state index is 12.0. The van der Waals surface area contributed by atoms with Gasteiger partial charge in [-0.1, -0.05) is 12.1 Å². The number of hydrogen-bond acceptors (Lipinski definition) is 4. The molecule has 0 unspecified atom stereocenters. The monoisotopic (exact) mass is 325 g/mol. The van der Waals surface area contributed by atoms with Gasteiger partial charge in [0.05, 0.1) is 12.7 Å². The zero-order chi connectivity index (χ0) is 17.5. The zero-order valence-electron chi connectivity index (χ0n) is 14.6. The van der Waals surface area contributed by atoms with E-state index in [9.17, 15) is 4.79 Å². The van der Waals surface area contributed by atoms with Gasteiger partial charge in [0.25, 0.3) is 0 Å². The highest BCUT2D eigenvalue weighted by atomic mass is 16.5. The molecule has 4 nitrogen and oxygen atoms in total. The average molecular weight is 325 g/mol. The minimum Gasteiger partial charge on any atom is -0.497 e. The van der Waals surface area contributed by atoms with Crippen molar-refractivity contribution in [3.8, 4) is 5.75 Å². The first-order valence-corrected chi connectivity index (χ1v) is 7.77. The fourth-order valence-electron chi connectivity index (χ4n) is 2.19. The molecule has 0 bridgehead atoms.